The third kappa shape index (κ3) is 6.50. The first-order valence-electron chi connectivity index (χ1n) is 13.1. The van der Waals surface area contributed by atoms with Crippen LogP contribution in [0.1, 0.15) is 17.5 Å². The van der Waals surface area contributed by atoms with Crippen molar-refractivity contribution in [3.8, 4) is 5.75 Å². The highest BCUT2D eigenvalue weighted by Crippen LogP contribution is 2.41. The topological polar surface area (TPSA) is 87.7 Å². The highest BCUT2D eigenvalue weighted by molar-refractivity contribution is 8.04. The summed E-state index contributed by atoms with van der Waals surface area (Å²) in [6, 6.07) is 31.7. The Morgan fingerprint density at radius 3 is 2.27 bits per heavy atom. The molecule has 0 aromatic heterocycles. The Morgan fingerprint density at radius 2 is 1.54 bits per heavy atom. The van der Waals surface area contributed by atoms with Crippen LogP contribution in [0.15, 0.2) is 119 Å². The summed E-state index contributed by atoms with van der Waals surface area (Å²) in [7, 11) is 1.51. The van der Waals surface area contributed by atoms with E-state index in [0.29, 0.717) is 40.5 Å². The first kappa shape index (κ1) is 27.7. The number of anilines is 3. The summed E-state index contributed by atoms with van der Waals surface area (Å²) in [6.45, 7) is 1.89. The van der Waals surface area contributed by atoms with Gasteiger partial charge in [-0.05, 0) is 66.9 Å². The molecule has 0 saturated carbocycles. The zero-order valence-corrected chi connectivity index (χ0v) is 23.5. The molecule has 4 aromatic carbocycles. The van der Waals surface area contributed by atoms with E-state index in [2.05, 4.69) is 10.6 Å². The molecule has 2 N–H and O–H groups in total. The Bertz CT molecular complexity index is 1620. The van der Waals surface area contributed by atoms with Crippen molar-refractivity contribution in [3.63, 3.8) is 0 Å². The number of benzene rings is 4. The number of hydrogen-bond acceptors (Lipinski definition) is 6. The Labute approximate surface area is 243 Å². The number of carbonyl (C=O) groups excluding carboxylic acids is 3. The van der Waals surface area contributed by atoms with E-state index in [4.69, 9.17) is 4.74 Å². The van der Waals surface area contributed by atoms with Crippen molar-refractivity contribution in [2.24, 2.45) is 0 Å². The lowest BCUT2D eigenvalue weighted by Crippen LogP contribution is -2.32. The molecule has 4 aromatic rings. The Kier molecular flexibility index (Phi) is 8.50. The molecule has 1 heterocycles. The summed E-state index contributed by atoms with van der Waals surface area (Å²) in [5.74, 6) is -0.621. The van der Waals surface area contributed by atoms with E-state index in [9.17, 15) is 14.4 Å². The smallest absolute Gasteiger partial charge is 0.283 e. The van der Waals surface area contributed by atoms with Crippen LogP contribution >= 0.6 is 11.8 Å². The zero-order valence-electron chi connectivity index (χ0n) is 22.7. The molecule has 8 heteroatoms. The standard InChI is InChI=1S/C33H29N3O4S/c1-22-16-18-28(40-2)27(20-22)36-32(38)30(35-24-12-7-4-8-13-24)31(33(36)39)41-26-15-9-14-25(21-26)34-29(37)19-17-23-10-5-3-6-11-23/h3-16,18,20-21,35H,17,19H2,1-2H3,(H,34,37). The average molecular weight is 564 g/mol. The molecule has 1 aliphatic rings. The predicted octanol–water partition coefficient (Wildman–Crippen LogP) is 6.56. The number of nitrogens with one attached hydrogen (secondary N) is 2. The summed E-state index contributed by atoms with van der Waals surface area (Å²) in [5, 5.41) is 6.10. The second kappa shape index (κ2) is 12.6. The fourth-order valence-corrected chi connectivity index (χ4v) is 5.44. The van der Waals surface area contributed by atoms with Crippen LogP contribution in [0.5, 0.6) is 5.75 Å². The molecule has 0 saturated heterocycles. The minimum absolute atomic E-state index is 0.105. The molecule has 206 valence electrons. The Balaban J connectivity index is 1.40. The number of imide groups is 1. The van der Waals surface area contributed by atoms with Gasteiger partial charge in [0.05, 0.1) is 12.8 Å². The maximum atomic E-state index is 13.8. The van der Waals surface area contributed by atoms with Crippen LogP contribution in [0.2, 0.25) is 0 Å². The van der Waals surface area contributed by atoms with Gasteiger partial charge in [-0.3, -0.25) is 14.4 Å². The van der Waals surface area contributed by atoms with E-state index in [-0.39, 0.29) is 16.5 Å². The molecular weight excluding hydrogens is 534 g/mol. The number of amides is 3. The fraction of sp³-hybridized carbons (Fsp3) is 0.121. The molecule has 0 fully saturated rings. The number of aryl methyl sites for hydroxylation is 2. The van der Waals surface area contributed by atoms with Crippen LogP contribution < -0.4 is 20.3 Å². The fourth-order valence-electron chi connectivity index (χ4n) is 4.46. The van der Waals surface area contributed by atoms with Crippen LogP contribution in [-0.2, 0) is 20.8 Å². The number of hydrogen-bond donors (Lipinski definition) is 2. The summed E-state index contributed by atoms with van der Waals surface area (Å²) in [4.78, 5) is 42.3. The van der Waals surface area contributed by atoms with Crippen molar-refractivity contribution in [1.29, 1.82) is 0 Å². The molecule has 0 bridgehead atoms. The minimum atomic E-state index is -0.476. The lowest BCUT2D eigenvalue weighted by Gasteiger charge is -2.19. The van der Waals surface area contributed by atoms with E-state index in [1.54, 1.807) is 24.3 Å². The number of methoxy groups -OCH3 is 1. The molecule has 1 aliphatic heterocycles. The number of nitrogens with zero attached hydrogens (tertiary/aromatic N) is 1. The third-order valence-corrected chi connectivity index (χ3v) is 7.55. The van der Waals surface area contributed by atoms with Crippen molar-refractivity contribution >= 4 is 46.5 Å². The highest BCUT2D eigenvalue weighted by Gasteiger charge is 2.41. The van der Waals surface area contributed by atoms with Crippen molar-refractivity contribution in [3.05, 3.63) is 125 Å². The normalized spacial score (nSPS) is 13.0. The lowest BCUT2D eigenvalue weighted by atomic mass is 10.1. The second-order valence-electron chi connectivity index (χ2n) is 9.48. The quantitative estimate of drug-likeness (QED) is 0.212. The second-order valence-corrected chi connectivity index (χ2v) is 10.6. The molecule has 0 aliphatic carbocycles. The monoisotopic (exact) mass is 563 g/mol. The first-order chi connectivity index (χ1) is 19.9. The number of thioether (sulfide) groups is 1. The number of para-hydroxylation sites is 1. The molecule has 0 radical (unpaired) electrons. The van der Waals surface area contributed by atoms with Crippen LogP contribution in [-0.4, -0.2) is 24.8 Å². The molecule has 0 atom stereocenters. The van der Waals surface area contributed by atoms with Gasteiger partial charge >= 0.3 is 0 Å². The van der Waals surface area contributed by atoms with E-state index >= 15 is 0 Å². The van der Waals surface area contributed by atoms with Gasteiger partial charge in [-0.2, -0.15) is 0 Å². The van der Waals surface area contributed by atoms with Gasteiger partial charge in [0.25, 0.3) is 11.8 Å². The Morgan fingerprint density at radius 1 is 0.829 bits per heavy atom. The number of rotatable bonds is 10. The van der Waals surface area contributed by atoms with E-state index < -0.39 is 11.8 Å². The number of carbonyl (C=O) groups is 3. The van der Waals surface area contributed by atoms with Gasteiger partial charge in [-0.15, -0.1) is 0 Å². The van der Waals surface area contributed by atoms with Crippen LogP contribution in [0.4, 0.5) is 17.1 Å². The summed E-state index contributed by atoms with van der Waals surface area (Å²) >= 11 is 1.17. The van der Waals surface area contributed by atoms with Gasteiger partial charge in [-0.25, -0.2) is 4.90 Å². The van der Waals surface area contributed by atoms with Crippen LogP contribution in [0.25, 0.3) is 0 Å². The molecule has 5 rings (SSSR count). The van der Waals surface area contributed by atoms with Gasteiger partial charge in [0.1, 0.15) is 16.4 Å². The van der Waals surface area contributed by atoms with E-state index in [1.807, 2.05) is 85.8 Å². The van der Waals surface area contributed by atoms with Crippen molar-refractivity contribution < 1.29 is 19.1 Å². The van der Waals surface area contributed by atoms with E-state index in [0.717, 1.165) is 16.0 Å². The molecule has 0 spiro atoms. The first-order valence-corrected chi connectivity index (χ1v) is 14.0. The van der Waals surface area contributed by atoms with Crippen LogP contribution in [0.3, 0.4) is 0 Å². The highest BCUT2D eigenvalue weighted by atomic mass is 32.2. The maximum absolute atomic E-state index is 13.8. The van der Waals surface area contributed by atoms with Crippen molar-refractivity contribution in [2.75, 3.05) is 22.6 Å². The van der Waals surface area contributed by atoms with Gasteiger partial charge in [0, 0.05) is 22.7 Å². The van der Waals surface area contributed by atoms with Gasteiger partial charge in [0.15, 0.2) is 0 Å². The largest absolute Gasteiger partial charge is 0.495 e. The molecule has 0 unspecified atom stereocenters. The van der Waals surface area contributed by atoms with Gasteiger partial charge in [-0.1, -0.05) is 72.4 Å². The van der Waals surface area contributed by atoms with Crippen molar-refractivity contribution in [2.45, 2.75) is 24.7 Å². The molecular formula is C33H29N3O4S. The zero-order chi connectivity index (χ0) is 28.8. The molecule has 41 heavy (non-hydrogen) atoms. The van der Waals surface area contributed by atoms with Crippen LogP contribution in [0, 0.1) is 6.92 Å². The summed E-state index contributed by atoms with van der Waals surface area (Å²) in [6.07, 6.45) is 0.981. The lowest BCUT2D eigenvalue weighted by molar-refractivity contribution is -0.120. The average Bonchev–Trinajstić information content (AvgIpc) is 3.21. The minimum Gasteiger partial charge on any atom is -0.495 e. The third-order valence-electron chi connectivity index (χ3n) is 6.48. The van der Waals surface area contributed by atoms with Gasteiger partial charge < -0.3 is 15.4 Å². The summed E-state index contributed by atoms with van der Waals surface area (Å²) in [5.41, 5.74) is 3.82. The predicted molar refractivity (Wildman–Crippen MR) is 163 cm³/mol. The van der Waals surface area contributed by atoms with Gasteiger partial charge in [0.2, 0.25) is 5.91 Å². The van der Waals surface area contributed by atoms with Crippen molar-refractivity contribution in [1.82, 2.24) is 0 Å². The summed E-state index contributed by atoms with van der Waals surface area (Å²) < 4.78 is 5.49. The maximum Gasteiger partial charge on any atom is 0.283 e. The molecule has 3 amide bonds. The SMILES string of the molecule is COc1ccc(C)cc1N1C(=O)C(Nc2ccccc2)=C(Sc2cccc(NC(=O)CCc3ccccc3)c2)C1=O. The Hall–Kier alpha value is -4.82. The number of ether oxygens (including phenoxy) is 1. The molecule has 7 nitrogen and oxygen atoms in total. The van der Waals surface area contributed by atoms with E-state index in [1.165, 1.54) is 18.9 Å².